The van der Waals surface area contributed by atoms with E-state index in [-0.39, 0.29) is 29.6 Å². The largest absolute Gasteiger partial charge is 1.00 e. The van der Waals surface area contributed by atoms with Crippen LogP contribution in [0.2, 0.25) is 0 Å². The Morgan fingerprint density at radius 3 is 1.41 bits per heavy atom. The molecule has 0 saturated heterocycles. The van der Waals surface area contributed by atoms with E-state index in [2.05, 4.69) is 0 Å². The van der Waals surface area contributed by atoms with Crippen LogP contribution in [0.25, 0.3) is 0 Å². The fourth-order valence-electron chi connectivity index (χ4n) is 2.46. The van der Waals surface area contributed by atoms with E-state index in [1.54, 1.807) is 0 Å². The summed E-state index contributed by atoms with van der Waals surface area (Å²) >= 11 is 0. The van der Waals surface area contributed by atoms with Crippen molar-refractivity contribution in [3.8, 4) is 0 Å². The van der Waals surface area contributed by atoms with Crippen LogP contribution in [0.4, 0.5) is 0 Å². The van der Waals surface area contributed by atoms with Crippen molar-refractivity contribution >= 4 is 10.1 Å². The normalized spacial score (nSPS) is 12.9. The summed E-state index contributed by atoms with van der Waals surface area (Å²) in [6.45, 7) is 1.82. The van der Waals surface area contributed by atoms with E-state index >= 15 is 0 Å². The van der Waals surface area contributed by atoms with Gasteiger partial charge in [-0.25, -0.2) is 8.42 Å². The maximum Gasteiger partial charge on any atom is 1.00 e. The van der Waals surface area contributed by atoms with Gasteiger partial charge in [0.1, 0.15) is 0 Å². The second kappa shape index (κ2) is 16.7. The van der Waals surface area contributed by atoms with Gasteiger partial charge in [0.2, 0.25) is 0 Å². The van der Waals surface area contributed by atoms with Gasteiger partial charge in [0, 0.05) is 11.9 Å². The topological polar surface area (TPSA) is 77.4 Å². The van der Waals surface area contributed by atoms with Gasteiger partial charge in [-0.15, -0.1) is 0 Å². The molecule has 1 unspecified atom stereocenters. The van der Waals surface area contributed by atoms with Gasteiger partial charge in [-0.2, -0.15) is 0 Å². The van der Waals surface area contributed by atoms with Crippen molar-refractivity contribution in [3.05, 3.63) is 0 Å². The monoisotopic (exact) mass is 344 g/mol. The summed E-state index contributed by atoms with van der Waals surface area (Å²) in [6, 6.07) is 0. The fourth-order valence-corrected chi connectivity index (χ4v) is 2.91. The Hall–Kier alpha value is 0.870. The Balaban J connectivity index is 0. The van der Waals surface area contributed by atoms with E-state index in [1.165, 1.54) is 51.9 Å². The van der Waals surface area contributed by atoms with Gasteiger partial charge in [0.25, 0.3) is 0 Å². The molecule has 128 valence electrons. The van der Waals surface area contributed by atoms with Gasteiger partial charge in [-0.1, -0.05) is 70.6 Å². The minimum Gasteiger partial charge on any atom is -0.748 e. The first-order valence-corrected chi connectivity index (χ1v) is 10.0. The summed E-state index contributed by atoms with van der Waals surface area (Å²) in [7, 11) is -4.08. The van der Waals surface area contributed by atoms with Crippen molar-refractivity contribution in [1.29, 1.82) is 0 Å². The van der Waals surface area contributed by atoms with Crippen LogP contribution in [0.3, 0.4) is 0 Å². The van der Waals surface area contributed by atoms with Crippen molar-refractivity contribution < 1.29 is 47.6 Å². The number of unbranched alkanes of at least 4 members (excludes halogenated alkanes) is 11. The number of rotatable bonds is 15. The Kier molecular flexibility index (Phi) is 19.1. The molecule has 22 heavy (non-hydrogen) atoms. The molecule has 0 aromatic heterocycles. The summed E-state index contributed by atoms with van der Waals surface area (Å²) < 4.78 is 32.1. The Bertz CT molecular complexity index is 320. The minimum absolute atomic E-state index is 0. The summed E-state index contributed by atoms with van der Waals surface area (Å²) in [5.41, 5.74) is 0. The number of aliphatic hydroxyl groups excluding tert-OH is 1. The fraction of sp³-hybridized carbons (Fsp3) is 1.00. The first-order chi connectivity index (χ1) is 9.98. The molecule has 1 atom stereocenters. The van der Waals surface area contributed by atoms with E-state index in [4.69, 9.17) is 5.11 Å². The zero-order chi connectivity index (χ0) is 16.0. The first kappa shape index (κ1) is 25.1. The van der Waals surface area contributed by atoms with Crippen LogP contribution in [-0.2, 0) is 10.1 Å². The van der Waals surface area contributed by atoms with Crippen molar-refractivity contribution in [3.63, 3.8) is 0 Å². The van der Waals surface area contributed by atoms with Crippen LogP contribution < -0.4 is 29.6 Å². The van der Waals surface area contributed by atoms with E-state index in [1.807, 2.05) is 0 Å². The van der Waals surface area contributed by atoms with Crippen LogP contribution in [0.1, 0.15) is 90.4 Å². The van der Waals surface area contributed by atoms with E-state index < -0.39 is 15.4 Å². The molecular formula is C16H33NaO4S. The van der Waals surface area contributed by atoms with Crippen LogP contribution in [0, 0.1) is 0 Å². The minimum atomic E-state index is -4.08. The number of hydrogen-bond donors (Lipinski definition) is 1. The maximum absolute atomic E-state index is 10.7. The Labute approximate surface area is 159 Å². The van der Waals surface area contributed by atoms with E-state index in [0.29, 0.717) is 13.0 Å². The third kappa shape index (κ3) is 17.2. The van der Waals surface area contributed by atoms with Crippen LogP contribution in [-0.4, -0.2) is 29.9 Å². The van der Waals surface area contributed by atoms with Gasteiger partial charge in [-0.3, -0.25) is 0 Å². The predicted molar refractivity (Wildman–Crippen MR) is 86.3 cm³/mol. The SMILES string of the molecule is CC(CCCCCCCCCCCCCCO)S(=O)(=O)[O-].[Na+]. The van der Waals surface area contributed by atoms with Gasteiger partial charge in [-0.05, 0) is 19.8 Å². The third-order valence-electron chi connectivity index (χ3n) is 4.01. The van der Waals surface area contributed by atoms with E-state index in [9.17, 15) is 13.0 Å². The smallest absolute Gasteiger partial charge is 0.748 e. The first-order valence-electron chi connectivity index (χ1n) is 8.54. The van der Waals surface area contributed by atoms with Crippen LogP contribution in [0.15, 0.2) is 0 Å². The molecule has 0 saturated carbocycles. The molecule has 0 aromatic rings. The summed E-state index contributed by atoms with van der Waals surface area (Å²) in [5, 5.41) is 7.92. The second-order valence-corrected chi connectivity index (χ2v) is 7.85. The zero-order valence-corrected chi connectivity index (χ0v) is 17.4. The number of hydrogen-bond acceptors (Lipinski definition) is 4. The zero-order valence-electron chi connectivity index (χ0n) is 14.6. The summed E-state index contributed by atoms with van der Waals surface area (Å²) in [5.74, 6) is 0. The Morgan fingerprint density at radius 1 is 0.773 bits per heavy atom. The third-order valence-corrected chi connectivity index (χ3v) is 5.23. The molecule has 0 bridgehead atoms. The molecule has 0 aromatic carbocycles. The van der Waals surface area contributed by atoms with Gasteiger partial charge < -0.3 is 9.66 Å². The molecule has 0 spiro atoms. The molecule has 0 heterocycles. The molecular weight excluding hydrogens is 311 g/mol. The van der Waals surface area contributed by atoms with Gasteiger partial charge in [0.15, 0.2) is 0 Å². The molecule has 0 rings (SSSR count). The van der Waals surface area contributed by atoms with Crippen molar-refractivity contribution in [2.45, 2.75) is 95.6 Å². The Morgan fingerprint density at radius 2 is 1.09 bits per heavy atom. The van der Waals surface area contributed by atoms with Crippen molar-refractivity contribution in [1.82, 2.24) is 0 Å². The van der Waals surface area contributed by atoms with Crippen LogP contribution in [0.5, 0.6) is 0 Å². The number of aliphatic hydroxyl groups is 1. The van der Waals surface area contributed by atoms with E-state index in [0.717, 1.165) is 32.1 Å². The summed E-state index contributed by atoms with van der Waals surface area (Å²) in [6.07, 6.45) is 14.5. The molecule has 0 fully saturated rings. The molecule has 0 aliphatic rings. The predicted octanol–water partition coefficient (Wildman–Crippen LogP) is 0.988. The van der Waals surface area contributed by atoms with Crippen molar-refractivity contribution in [2.24, 2.45) is 0 Å². The molecule has 1 N–H and O–H groups in total. The molecule has 4 nitrogen and oxygen atoms in total. The van der Waals surface area contributed by atoms with Crippen molar-refractivity contribution in [2.75, 3.05) is 6.61 Å². The molecule has 0 aliphatic heterocycles. The van der Waals surface area contributed by atoms with Gasteiger partial charge in [0.05, 0.1) is 10.1 Å². The van der Waals surface area contributed by atoms with Gasteiger partial charge >= 0.3 is 29.6 Å². The van der Waals surface area contributed by atoms with Crippen LogP contribution >= 0.6 is 0 Å². The second-order valence-electron chi connectivity index (χ2n) is 6.06. The quantitative estimate of drug-likeness (QED) is 0.273. The molecule has 6 heteroatoms. The average molecular weight is 344 g/mol. The average Bonchev–Trinajstić information content (AvgIpc) is 2.42. The standard InChI is InChI=1S/C16H34O4S.Na/c1-16(21(18,19)20)14-12-10-8-6-4-2-3-5-7-9-11-13-15-17;/h16-17H,2-15H2,1H3,(H,18,19,20);/q;+1/p-1. The molecule has 0 aliphatic carbocycles. The maximum atomic E-state index is 10.7. The summed E-state index contributed by atoms with van der Waals surface area (Å²) in [4.78, 5) is 0. The molecule has 0 amide bonds. The molecule has 0 radical (unpaired) electrons.